The highest BCUT2D eigenvalue weighted by molar-refractivity contribution is 6.03. The second-order valence-corrected chi connectivity index (χ2v) is 7.57. The van der Waals surface area contributed by atoms with Crippen LogP contribution in [0.5, 0.6) is 5.75 Å². The largest absolute Gasteiger partial charge is 0.506 e. The Hall–Kier alpha value is -2.80. The molecule has 7 heteroatoms. The maximum atomic E-state index is 13.2. The van der Waals surface area contributed by atoms with Gasteiger partial charge in [-0.25, -0.2) is 4.79 Å². The van der Waals surface area contributed by atoms with E-state index in [1.165, 1.54) is 4.90 Å². The molecule has 1 atom stereocenters. The minimum absolute atomic E-state index is 0.00663. The van der Waals surface area contributed by atoms with E-state index >= 15 is 0 Å². The van der Waals surface area contributed by atoms with Crippen LogP contribution in [0.1, 0.15) is 46.0 Å². The Balaban J connectivity index is 1.70. The van der Waals surface area contributed by atoms with Crippen LogP contribution in [0.25, 0.3) is 0 Å². The summed E-state index contributed by atoms with van der Waals surface area (Å²) < 4.78 is 5.12. The zero-order valence-corrected chi connectivity index (χ0v) is 17.5. The van der Waals surface area contributed by atoms with Gasteiger partial charge in [-0.15, -0.1) is 0 Å². The third kappa shape index (κ3) is 4.15. The van der Waals surface area contributed by atoms with E-state index in [4.69, 9.17) is 4.74 Å². The second kappa shape index (κ2) is 8.69. The van der Waals surface area contributed by atoms with Gasteiger partial charge in [-0.1, -0.05) is 12.1 Å². The quantitative estimate of drug-likeness (QED) is 0.505. The summed E-state index contributed by atoms with van der Waals surface area (Å²) in [6.07, 6.45) is 0. The number of piperazine rings is 1. The van der Waals surface area contributed by atoms with Gasteiger partial charge < -0.3 is 24.6 Å². The predicted octanol–water partition coefficient (Wildman–Crippen LogP) is 1.49. The number of para-hydroxylation sites is 2. The van der Waals surface area contributed by atoms with Crippen molar-refractivity contribution in [2.45, 2.75) is 33.7 Å². The molecule has 3 N–H and O–H groups in total. The zero-order chi connectivity index (χ0) is 21.1. The molecule has 1 aliphatic heterocycles. The summed E-state index contributed by atoms with van der Waals surface area (Å²) in [4.78, 5) is 31.8. The molecular formula is C22H30N3O4+. The van der Waals surface area contributed by atoms with Crippen LogP contribution in [-0.4, -0.2) is 60.7 Å². The maximum Gasteiger partial charge on any atom is 0.340 e. The molecule has 1 aliphatic rings. The molecule has 1 saturated heterocycles. The van der Waals surface area contributed by atoms with Gasteiger partial charge in [0.15, 0.2) is 6.04 Å². The molecule has 0 amide bonds. The van der Waals surface area contributed by atoms with E-state index in [1.807, 2.05) is 25.1 Å². The Bertz CT molecular complexity index is 897. The van der Waals surface area contributed by atoms with Crippen LogP contribution < -0.4 is 9.80 Å². The van der Waals surface area contributed by atoms with E-state index in [0.717, 1.165) is 31.9 Å². The Morgan fingerprint density at radius 2 is 1.90 bits per heavy atom. The molecule has 2 aromatic rings. The topological polar surface area (TPSA) is 87.1 Å². The van der Waals surface area contributed by atoms with Crippen molar-refractivity contribution >= 4 is 17.4 Å². The van der Waals surface area contributed by atoms with Crippen LogP contribution in [0.4, 0.5) is 5.69 Å². The Labute approximate surface area is 171 Å². The fourth-order valence-electron chi connectivity index (χ4n) is 4.11. The molecule has 0 spiro atoms. The summed E-state index contributed by atoms with van der Waals surface area (Å²) in [6.45, 7) is 10.7. The van der Waals surface area contributed by atoms with Gasteiger partial charge >= 0.3 is 5.97 Å². The summed E-state index contributed by atoms with van der Waals surface area (Å²) >= 11 is 0. The highest BCUT2D eigenvalue weighted by atomic mass is 16.5. The number of nitrogens with zero attached hydrogens (tertiary/aromatic N) is 1. The summed E-state index contributed by atoms with van der Waals surface area (Å²) in [6, 6.07) is 7.10. The fourth-order valence-corrected chi connectivity index (χ4v) is 4.11. The maximum absolute atomic E-state index is 13.2. The zero-order valence-electron chi connectivity index (χ0n) is 17.5. The molecule has 7 nitrogen and oxygen atoms in total. The van der Waals surface area contributed by atoms with Gasteiger partial charge in [0.1, 0.15) is 5.75 Å². The minimum atomic E-state index is -0.394. The van der Waals surface area contributed by atoms with Crippen LogP contribution in [-0.2, 0) is 4.74 Å². The summed E-state index contributed by atoms with van der Waals surface area (Å²) in [5.74, 6) is -0.106. The average molecular weight is 400 g/mol. The molecule has 0 saturated carbocycles. The van der Waals surface area contributed by atoms with Crippen molar-refractivity contribution in [2.75, 3.05) is 37.7 Å². The first kappa shape index (κ1) is 20.9. The standard InChI is InChI=1S/C22H29N3O4/c1-5-29-22(28)19-14(2)20(23-15(19)3)21(27)16(4)24-10-12-25(13-11-24)17-8-6-7-9-18(17)26/h6-9,16,23,26H,5,10-13H2,1-4H3/p+1/t16-/m0/s1. The lowest BCUT2D eigenvalue weighted by atomic mass is 10.0. The number of aromatic amines is 1. The molecule has 1 fully saturated rings. The number of carbonyl (C=O) groups excluding carboxylic acids is 2. The van der Waals surface area contributed by atoms with E-state index in [0.29, 0.717) is 29.1 Å². The highest BCUT2D eigenvalue weighted by Gasteiger charge is 2.33. The Kier molecular flexibility index (Phi) is 6.27. The molecule has 29 heavy (non-hydrogen) atoms. The molecular weight excluding hydrogens is 370 g/mol. The van der Waals surface area contributed by atoms with Gasteiger partial charge in [0, 0.05) is 5.69 Å². The number of esters is 1. The summed E-state index contributed by atoms with van der Waals surface area (Å²) in [7, 11) is 0. The van der Waals surface area contributed by atoms with Crippen molar-refractivity contribution in [1.29, 1.82) is 0 Å². The lowest BCUT2D eigenvalue weighted by Gasteiger charge is -2.36. The van der Waals surface area contributed by atoms with E-state index < -0.39 is 5.97 Å². The Morgan fingerprint density at radius 1 is 1.24 bits per heavy atom. The van der Waals surface area contributed by atoms with Gasteiger partial charge in [-0.3, -0.25) is 4.79 Å². The van der Waals surface area contributed by atoms with Gasteiger partial charge in [0.2, 0.25) is 5.78 Å². The number of H-pyrrole nitrogens is 1. The third-order valence-corrected chi connectivity index (χ3v) is 5.80. The number of aromatic nitrogens is 1. The number of quaternary nitrogens is 1. The molecule has 3 rings (SSSR count). The number of Topliss-reactive ketones (excluding diaryl/α,β-unsaturated/α-hetero) is 1. The van der Waals surface area contributed by atoms with Crippen LogP contribution in [0.2, 0.25) is 0 Å². The minimum Gasteiger partial charge on any atom is -0.506 e. The Morgan fingerprint density at radius 3 is 2.52 bits per heavy atom. The smallest absolute Gasteiger partial charge is 0.340 e. The van der Waals surface area contributed by atoms with Crippen molar-refractivity contribution in [3.8, 4) is 5.75 Å². The average Bonchev–Trinajstić information content (AvgIpc) is 3.01. The first-order chi connectivity index (χ1) is 13.8. The molecule has 0 bridgehead atoms. The number of benzene rings is 1. The number of aryl methyl sites for hydroxylation is 1. The lowest BCUT2D eigenvalue weighted by molar-refractivity contribution is -0.914. The number of nitrogens with one attached hydrogen (secondary N) is 2. The number of ketones is 1. The highest BCUT2D eigenvalue weighted by Crippen LogP contribution is 2.26. The summed E-state index contributed by atoms with van der Waals surface area (Å²) in [5, 5.41) is 10.1. The first-order valence-electron chi connectivity index (χ1n) is 10.1. The van der Waals surface area contributed by atoms with Crippen molar-refractivity contribution in [1.82, 2.24) is 4.98 Å². The van der Waals surface area contributed by atoms with Crippen LogP contribution >= 0.6 is 0 Å². The molecule has 156 valence electrons. The number of hydrogen-bond donors (Lipinski definition) is 3. The summed E-state index contributed by atoms with van der Waals surface area (Å²) in [5.41, 5.74) is 3.11. The van der Waals surface area contributed by atoms with E-state index in [2.05, 4.69) is 9.88 Å². The van der Waals surface area contributed by atoms with Crippen molar-refractivity contribution in [3.63, 3.8) is 0 Å². The van der Waals surface area contributed by atoms with Crippen LogP contribution in [0.15, 0.2) is 24.3 Å². The van der Waals surface area contributed by atoms with Crippen molar-refractivity contribution < 1.29 is 24.3 Å². The van der Waals surface area contributed by atoms with E-state index in [1.54, 1.807) is 26.8 Å². The molecule has 1 aromatic heterocycles. The monoisotopic (exact) mass is 400 g/mol. The number of phenols is 1. The molecule has 0 radical (unpaired) electrons. The fraction of sp³-hybridized carbons (Fsp3) is 0.455. The van der Waals surface area contributed by atoms with Gasteiger partial charge in [-0.2, -0.15) is 0 Å². The predicted molar refractivity (Wildman–Crippen MR) is 111 cm³/mol. The van der Waals surface area contributed by atoms with Gasteiger partial charge in [-0.05, 0) is 45.4 Å². The van der Waals surface area contributed by atoms with Crippen LogP contribution in [0.3, 0.4) is 0 Å². The molecule has 0 unspecified atom stereocenters. The van der Waals surface area contributed by atoms with Crippen LogP contribution in [0, 0.1) is 13.8 Å². The van der Waals surface area contributed by atoms with E-state index in [9.17, 15) is 14.7 Å². The van der Waals surface area contributed by atoms with Crippen molar-refractivity contribution in [3.05, 3.63) is 46.8 Å². The number of ether oxygens (including phenoxy) is 1. The van der Waals surface area contributed by atoms with Gasteiger partial charge in [0.25, 0.3) is 0 Å². The lowest BCUT2D eigenvalue weighted by Crippen LogP contribution is -3.18. The normalized spacial score (nSPS) is 15.9. The van der Waals surface area contributed by atoms with Crippen molar-refractivity contribution in [2.24, 2.45) is 0 Å². The van der Waals surface area contributed by atoms with E-state index in [-0.39, 0.29) is 17.6 Å². The SMILES string of the molecule is CCOC(=O)c1c(C)[nH]c(C(=O)[C@H](C)[NH+]2CCN(c3ccccc3O)CC2)c1C. The third-order valence-electron chi connectivity index (χ3n) is 5.80. The second-order valence-electron chi connectivity index (χ2n) is 7.57. The number of phenolic OH excluding ortho intramolecular Hbond substituents is 1. The molecule has 2 heterocycles. The molecule has 1 aromatic carbocycles. The number of hydrogen-bond acceptors (Lipinski definition) is 5. The number of rotatable bonds is 6. The number of anilines is 1. The molecule has 0 aliphatic carbocycles. The number of aromatic hydroxyl groups is 1. The van der Waals surface area contributed by atoms with Gasteiger partial charge in [0.05, 0.1) is 49.7 Å². The first-order valence-corrected chi connectivity index (χ1v) is 10.1. The number of carbonyl (C=O) groups is 2.